The fourth-order valence-corrected chi connectivity index (χ4v) is 0.881. The molecule has 3 nitrogen and oxygen atoms in total. The third-order valence-electron chi connectivity index (χ3n) is 1.45. The van der Waals surface area contributed by atoms with Crippen molar-refractivity contribution in [3.8, 4) is 5.75 Å². The summed E-state index contributed by atoms with van der Waals surface area (Å²) in [5, 5.41) is 9.16. The number of esters is 1. The van der Waals surface area contributed by atoms with Crippen molar-refractivity contribution in [3.05, 3.63) is 29.6 Å². The Morgan fingerprint density at radius 1 is 1.62 bits per heavy atom. The number of hydrogen-bond donors (Lipinski definition) is 1. The molecule has 1 N–H and O–H groups in total. The van der Waals surface area contributed by atoms with Gasteiger partial charge in [-0.25, -0.2) is 9.18 Å². The second kappa shape index (κ2) is 3.89. The van der Waals surface area contributed by atoms with Crippen molar-refractivity contribution >= 4 is 5.97 Å². The van der Waals surface area contributed by atoms with Crippen LogP contribution in [0, 0.1) is 5.82 Å². The Kier molecular flexibility index (Phi) is 2.84. The van der Waals surface area contributed by atoms with Crippen molar-refractivity contribution in [3.63, 3.8) is 0 Å². The maximum atomic E-state index is 12.6. The van der Waals surface area contributed by atoms with Crippen molar-refractivity contribution in [1.82, 2.24) is 0 Å². The average Bonchev–Trinajstić information content (AvgIpc) is 2.09. The van der Waals surface area contributed by atoms with E-state index in [0.29, 0.717) is 0 Å². The van der Waals surface area contributed by atoms with Crippen LogP contribution >= 0.6 is 0 Å². The quantitative estimate of drug-likeness (QED) is 0.711. The smallest absolute Gasteiger partial charge is 0.342 e. The van der Waals surface area contributed by atoms with Gasteiger partial charge in [0.2, 0.25) is 0 Å². The summed E-state index contributed by atoms with van der Waals surface area (Å²) >= 11 is 0. The number of carbonyl (C=O) groups is 1. The Balaban J connectivity index is 2.99. The molecule has 0 aliphatic carbocycles. The van der Waals surface area contributed by atoms with E-state index in [-0.39, 0.29) is 17.9 Å². The van der Waals surface area contributed by atoms with E-state index in [1.807, 2.05) is 0 Å². The molecule has 0 bridgehead atoms. The van der Waals surface area contributed by atoms with Gasteiger partial charge in [-0.05, 0) is 25.1 Å². The molecule has 13 heavy (non-hydrogen) atoms. The summed E-state index contributed by atoms with van der Waals surface area (Å²) in [6, 6.07) is 3.12. The number of carbonyl (C=O) groups excluding carboxylic acids is 1. The second-order valence-electron chi connectivity index (χ2n) is 2.38. The summed E-state index contributed by atoms with van der Waals surface area (Å²) in [6.45, 7) is 1.82. The maximum absolute atomic E-state index is 12.6. The SMILES string of the molecule is CCOC(=O)c1cc(F)ccc1O. The maximum Gasteiger partial charge on any atom is 0.342 e. The topological polar surface area (TPSA) is 46.5 Å². The van der Waals surface area contributed by atoms with Crippen LogP contribution in [-0.2, 0) is 4.74 Å². The highest BCUT2D eigenvalue weighted by atomic mass is 19.1. The zero-order valence-corrected chi connectivity index (χ0v) is 7.08. The van der Waals surface area contributed by atoms with Crippen LogP contribution in [0.3, 0.4) is 0 Å². The van der Waals surface area contributed by atoms with Crippen LogP contribution in [0.2, 0.25) is 0 Å². The van der Waals surface area contributed by atoms with Crippen LogP contribution in [0.25, 0.3) is 0 Å². The minimum Gasteiger partial charge on any atom is -0.507 e. The number of hydrogen-bond acceptors (Lipinski definition) is 3. The van der Waals surface area contributed by atoms with Gasteiger partial charge in [-0.3, -0.25) is 0 Å². The van der Waals surface area contributed by atoms with Crippen LogP contribution < -0.4 is 0 Å². The summed E-state index contributed by atoms with van der Waals surface area (Å²) in [4.78, 5) is 11.1. The van der Waals surface area contributed by atoms with Crippen molar-refractivity contribution in [2.24, 2.45) is 0 Å². The van der Waals surface area contributed by atoms with Gasteiger partial charge >= 0.3 is 5.97 Å². The second-order valence-corrected chi connectivity index (χ2v) is 2.38. The first-order valence-corrected chi connectivity index (χ1v) is 3.80. The van der Waals surface area contributed by atoms with Gasteiger partial charge in [-0.1, -0.05) is 0 Å². The highest BCUT2D eigenvalue weighted by Gasteiger charge is 2.12. The first kappa shape index (κ1) is 9.51. The lowest BCUT2D eigenvalue weighted by atomic mass is 10.2. The molecule has 0 amide bonds. The number of benzene rings is 1. The minimum absolute atomic E-state index is 0.151. The molecule has 70 valence electrons. The van der Waals surface area contributed by atoms with Gasteiger partial charge in [0.1, 0.15) is 17.1 Å². The fourth-order valence-electron chi connectivity index (χ4n) is 0.881. The van der Waals surface area contributed by atoms with E-state index >= 15 is 0 Å². The first-order valence-electron chi connectivity index (χ1n) is 3.80. The summed E-state index contributed by atoms with van der Waals surface area (Å²) in [5.41, 5.74) is -0.151. The third kappa shape index (κ3) is 2.18. The molecular formula is C9H9FO3. The Hall–Kier alpha value is -1.58. The summed E-state index contributed by atoms with van der Waals surface area (Å²) in [7, 11) is 0. The number of aromatic hydroxyl groups is 1. The number of rotatable bonds is 2. The van der Waals surface area contributed by atoms with E-state index in [1.165, 1.54) is 0 Å². The Labute approximate surface area is 74.8 Å². The molecule has 0 aromatic heterocycles. The normalized spacial score (nSPS) is 9.69. The molecule has 1 rings (SSSR count). The third-order valence-corrected chi connectivity index (χ3v) is 1.45. The standard InChI is InChI=1S/C9H9FO3/c1-2-13-9(12)7-5-6(10)3-4-8(7)11/h3-5,11H,2H2,1H3. The molecule has 0 aliphatic heterocycles. The number of halogens is 1. The van der Waals surface area contributed by atoms with Crippen LogP contribution in [0.5, 0.6) is 5.75 Å². The van der Waals surface area contributed by atoms with Crippen LogP contribution in [0.1, 0.15) is 17.3 Å². The van der Waals surface area contributed by atoms with Crippen molar-refractivity contribution in [2.45, 2.75) is 6.92 Å². The van der Waals surface area contributed by atoms with E-state index in [9.17, 15) is 9.18 Å². The van der Waals surface area contributed by atoms with Crippen LogP contribution in [0.15, 0.2) is 18.2 Å². The summed E-state index contributed by atoms with van der Waals surface area (Å²) in [5.74, 6) is -1.58. The van der Waals surface area contributed by atoms with E-state index in [4.69, 9.17) is 5.11 Å². The monoisotopic (exact) mass is 184 g/mol. The van der Waals surface area contributed by atoms with Gasteiger partial charge in [0.25, 0.3) is 0 Å². The first-order chi connectivity index (χ1) is 6.15. The van der Waals surface area contributed by atoms with Gasteiger partial charge in [0, 0.05) is 0 Å². The Morgan fingerprint density at radius 3 is 2.92 bits per heavy atom. The van der Waals surface area contributed by atoms with E-state index in [1.54, 1.807) is 6.92 Å². The van der Waals surface area contributed by atoms with Crippen LogP contribution in [-0.4, -0.2) is 17.7 Å². The van der Waals surface area contributed by atoms with Crippen molar-refractivity contribution in [2.75, 3.05) is 6.61 Å². The zero-order chi connectivity index (χ0) is 9.84. The lowest BCUT2D eigenvalue weighted by Crippen LogP contribution is -2.05. The largest absolute Gasteiger partial charge is 0.507 e. The van der Waals surface area contributed by atoms with Gasteiger partial charge in [0.05, 0.1) is 6.61 Å². The molecule has 0 heterocycles. The lowest BCUT2D eigenvalue weighted by Gasteiger charge is -2.03. The molecule has 0 aliphatic rings. The Bertz CT molecular complexity index is 323. The highest BCUT2D eigenvalue weighted by Crippen LogP contribution is 2.18. The molecule has 0 radical (unpaired) electrons. The molecule has 0 fully saturated rings. The predicted octanol–water partition coefficient (Wildman–Crippen LogP) is 1.71. The minimum atomic E-state index is -0.723. The highest BCUT2D eigenvalue weighted by molar-refractivity contribution is 5.92. The molecular weight excluding hydrogens is 175 g/mol. The summed E-state index contributed by atoms with van der Waals surface area (Å²) in [6.07, 6.45) is 0. The molecule has 0 atom stereocenters. The van der Waals surface area contributed by atoms with Gasteiger partial charge < -0.3 is 9.84 Å². The number of phenols is 1. The van der Waals surface area contributed by atoms with Crippen molar-refractivity contribution in [1.29, 1.82) is 0 Å². The van der Waals surface area contributed by atoms with E-state index in [0.717, 1.165) is 18.2 Å². The van der Waals surface area contributed by atoms with E-state index < -0.39 is 11.8 Å². The molecule has 0 unspecified atom stereocenters. The van der Waals surface area contributed by atoms with Gasteiger partial charge in [-0.2, -0.15) is 0 Å². The molecule has 0 spiro atoms. The lowest BCUT2D eigenvalue weighted by molar-refractivity contribution is 0.0522. The molecule has 4 heteroatoms. The average molecular weight is 184 g/mol. The number of phenolic OH excluding ortho intramolecular Hbond substituents is 1. The zero-order valence-electron chi connectivity index (χ0n) is 7.08. The van der Waals surface area contributed by atoms with Gasteiger partial charge in [-0.15, -0.1) is 0 Å². The van der Waals surface area contributed by atoms with Gasteiger partial charge in [0.15, 0.2) is 0 Å². The summed E-state index contributed by atoms with van der Waals surface area (Å²) < 4.78 is 17.2. The number of ether oxygens (including phenoxy) is 1. The molecule has 0 saturated heterocycles. The molecule has 1 aromatic carbocycles. The predicted molar refractivity (Wildman–Crippen MR) is 44.0 cm³/mol. The van der Waals surface area contributed by atoms with Crippen molar-refractivity contribution < 1.29 is 19.0 Å². The molecule has 1 aromatic rings. The fraction of sp³-hybridized carbons (Fsp3) is 0.222. The van der Waals surface area contributed by atoms with Crippen LogP contribution in [0.4, 0.5) is 4.39 Å². The Morgan fingerprint density at radius 2 is 2.31 bits per heavy atom. The van der Waals surface area contributed by atoms with E-state index in [2.05, 4.69) is 4.74 Å². The molecule has 0 saturated carbocycles.